The predicted molar refractivity (Wildman–Crippen MR) is 102 cm³/mol. The number of hydrogen-bond donors (Lipinski definition) is 0. The van der Waals surface area contributed by atoms with Crippen LogP contribution in [0.2, 0.25) is 0 Å². The van der Waals surface area contributed by atoms with E-state index in [2.05, 4.69) is 4.98 Å². The van der Waals surface area contributed by atoms with E-state index < -0.39 is 0 Å². The highest BCUT2D eigenvalue weighted by Crippen LogP contribution is 2.20. The number of carbonyl (C=O) groups excluding carboxylic acids is 2. The highest BCUT2D eigenvalue weighted by atomic mass is 16.2. The fraction of sp³-hybridized carbons (Fsp3) is 0.450. The van der Waals surface area contributed by atoms with Crippen molar-refractivity contribution in [2.45, 2.75) is 19.4 Å². The fourth-order valence-electron chi connectivity index (χ4n) is 3.28. The number of rotatable bonds is 5. The van der Waals surface area contributed by atoms with Gasteiger partial charge in [-0.2, -0.15) is 0 Å². The minimum Gasteiger partial charge on any atom is -0.340 e. The molecule has 6 heteroatoms. The first-order valence-corrected chi connectivity index (χ1v) is 9.08. The second-order valence-corrected chi connectivity index (χ2v) is 6.94. The predicted octanol–water partition coefficient (Wildman–Crippen LogP) is 1.86. The number of likely N-dealkylation sites (N-methyl/N-ethyl adjacent to an activating group) is 2. The summed E-state index contributed by atoms with van der Waals surface area (Å²) in [6.45, 7) is 4.53. The van der Waals surface area contributed by atoms with Gasteiger partial charge in [0, 0.05) is 37.3 Å². The third kappa shape index (κ3) is 3.85. The second kappa shape index (κ2) is 7.83. The summed E-state index contributed by atoms with van der Waals surface area (Å²) in [5, 5.41) is 1.02. The van der Waals surface area contributed by atoms with Crippen LogP contribution in [0.5, 0.6) is 0 Å². The van der Waals surface area contributed by atoms with Crippen molar-refractivity contribution in [3.05, 3.63) is 42.1 Å². The summed E-state index contributed by atoms with van der Waals surface area (Å²) in [6, 6.07) is 9.57. The van der Waals surface area contributed by atoms with Gasteiger partial charge in [-0.15, -0.1) is 0 Å². The molecule has 3 rings (SSSR count). The molecule has 6 nitrogen and oxygen atoms in total. The summed E-state index contributed by atoms with van der Waals surface area (Å²) in [7, 11) is 3.77. The molecule has 138 valence electrons. The molecule has 0 N–H and O–H groups in total. The van der Waals surface area contributed by atoms with E-state index >= 15 is 0 Å². The number of fused-ring (bicyclic) bond motifs is 1. The molecule has 1 aliphatic heterocycles. The van der Waals surface area contributed by atoms with Crippen LogP contribution in [-0.4, -0.2) is 77.8 Å². The highest BCUT2D eigenvalue weighted by molar-refractivity contribution is 5.98. The number of carbonyl (C=O) groups is 2. The Bertz CT molecular complexity index is 807. The van der Waals surface area contributed by atoms with Gasteiger partial charge in [0.05, 0.1) is 18.1 Å². The normalized spacial score (nSPS) is 17.1. The van der Waals surface area contributed by atoms with Crippen molar-refractivity contribution in [2.24, 2.45) is 0 Å². The number of nitrogens with zero attached hydrogens (tertiary/aromatic N) is 4. The van der Waals surface area contributed by atoms with E-state index in [4.69, 9.17) is 0 Å². The smallest absolute Gasteiger partial charge is 0.254 e. The highest BCUT2D eigenvalue weighted by Gasteiger charge is 2.31. The summed E-state index contributed by atoms with van der Waals surface area (Å²) in [5.41, 5.74) is 1.47. The fourth-order valence-corrected chi connectivity index (χ4v) is 3.28. The Kier molecular flexibility index (Phi) is 5.52. The van der Waals surface area contributed by atoms with Crippen molar-refractivity contribution in [2.75, 3.05) is 40.3 Å². The van der Waals surface area contributed by atoms with Crippen LogP contribution in [0.25, 0.3) is 10.9 Å². The molecule has 2 heterocycles. The molecule has 1 aliphatic rings. The van der Waals surface area contributed by atoms with Crippen molar-refractivity contribution in [1.29, 1.82) is 0 Å². The SMILES string of the molecule is CCN(C)CC(=O)N(C)C1CCN(C(=O)c2ccc3cccnc3c2)C1. The lowest BCUT2D eigenvalue weighted by molar-refractivity contribution is -0.132. The monoisotopic (exact) mass is 354 g/mol. The van der Waals surface area contributed by atoms with Crippen LogP contribution in [0.15, 0.2) is 36.5 Å². The minimum atomic E-state index is 0.00609. The lowest BCUT2D eigenvalue weighted by Gasteiger charge is -2.27. The van der Waals surface area contributed by atoms with Crippen LogP contribution in [-0.2, 0) is 4.79 Å². The number of pyridine rings is 1. The number of benzene rings is 1. The Balaban J connectivity index is 1.65. The zero-order chi connectivity index (χ0) is 18.7. The van der Waals surface area contributed by atoms with Crippen molar-refractivity contribution in [1.82, 2.24) is 19.7 Å². The molecule has 26 heavy (non-hydrogen) atoms. The maximum Gasteiger partial charge on any atom is 0.254 e. The van der Waals surface area contributed by atoms with Crippen molar-refractivity contribution < 1.29 is 9.59 Å². The summed E-state index contributed by atoms with van der Waals surface area (Å²) in [5.74, 6) is 0.107. The first kappa shape index (κ1) is 18.3. The number of amides is 2. The van der Waals surface area contributed by atoms with Gasteiger partial charge in [-0.3, -0.25) is 19.5 Å². The Labute approximate surface area is 154 Å². The molecule has 1 aromatic heterocycles. The van der Waals surface area contributed by atoms with E-state index in [1.54, 1.807) is 11.1 Å². The van der Waals surface area contributed by atoms with Gasteiger partial charge in [-0.25, -0.2) is 0 Å². The van der Waals surface area contributed by atoms with Crippen LogP contribution in [0.4, 0.5) is 0 Å². The number of likely N-dealkylation sites (tertiary alicyclic amines) is 1. The third-order valence-corrected chi connectivity index (χ3v) is 5.19. The molecular weight excluding hydrogens is 328 g/mol. The van der Waals surface area contributed by atoms with E-state index in [1.807, 2.05) is 61.2 Å². The Hall–Kier alpha value is -2.47. The first-order valence-electron chi connectivity index (χ1n) is 9.08. The molecule has 2 amide bonds. The molecule has 2 aromatic rings. The van der Waals surface area contributed by atoms with E-state index in [-0.39, 0.29) is 17.9 Å². The molecule has 0 spiro atoms. The van der Waals surface area contributed by atoms with Crippen LogP contribution in [0, 0.1) is 0 Å². The summed E-state index contributed by atoms with van der Waals surface area (Å²) in [4.78, 5) is 35.1. The average Bonchev–Trinajstić information content (AvgIpc) is 3.16. The van der Waals surface area contributed by atoms with Crippen molar-refractivity contribution in [3.8, 4) is 0 Å². The molecule has 1 aromatic carbocycles. The van der Waals surface area contributed by atoms with Crippen molar-refractivity contribution >= 4 is 22.7 Å². The van der Waals surface area contributed by atoms with Gasteiger partial charge in [0.1, 0.15) is 0 Å². The van der Waals surface area contributed by atoms with Crippen LogP contribution in [0.1, 0.15) is 23.7 Å². The zero-order valence-corrected chi connectivity index (χ0v) is 15.7. The van der Waals surface area contributed by atoms with Crippen LogP contribution in [0.3, 0.4) is 0 Å². The van der Waals surface area contributed by atoms with Gasteiger partial charge in [0.15, 0.2) is 0 Å². The molecular formula is C20H26N4O2. The number of aromatic nitrogens is 1. The zero-order valence-electron chi connectivity index (χ0n) is 15.7. The quantitative estimate of drug-likeness (QED) is 0.822. The Morgan fingerprint density at radius 2 is 2.08 bits per heavy atom. The van der Waals surface area contributed by atoms with Gasteiger partial charge in [-0.05, 0) is 38.2 Å². The third-order valence-electron chi connectivity index (χ3n) is 5.19. The van der Waals surface area contributed by atoms with Crippen LogP contribution < -0.4 is 0 Å². The van der Waals surface area contributed by atoms with Gasteiger partial charge in [-0.1, -0.05) is 19.1 Å². The molecule has 1 fully saturated rings. The lowest BCUT2D eigenvalue weighted by atomic mass is 10.1. The van der Waals surface area contributed by atoms with E-state index in [1.165, 1.54) is 0 Å². The van der Waals surface area contributed by atoms with Crippen LogP contribution >= 0.6 is 0 Å². The Morgan fingerprint density at radius 1 is 1.27 bits per heavy atom. The van der Waals surface area contributed by atoms with Gasteiger partial charge in [0.25, 0.3) is 5.91 Å². The van der Waals surface area contributed by atoms with Gasteiger partial charge in [0.2, 0.25) is 5.91 Å². The molecule has 1 unspecified atom stereocenters. The molecule has 0 saturated carbocycles. The summed E-state index contributed by atoms with van der Waals surface area (Å²) < 4.78 is 0. The lowest BCUT2D eigenvalue weighted by Crippen LogP contribution is -2.44. The van der Waals surface area contributed by atoms with Gasteiger partial charge < -0.3 is 9.80 Å². The van der Waals surface area contributed by atoms with E-state index in [0.29, 0.717) is 25.2 Å². The first-order chi connectivity index (χ1) is 12.5. The maximum absolute atomic E-state index is 12.8. The summed E-state index contributed by atoms with van der Waals surface area (Å²) in [6.07, 6.45) is 2.55. The minimum absolute atomic E-state index is 0.00609. The maximum atomic E-state index is 12.8. The topological polar surface area (TPSA) is 56.8 Å². The van der Waals surface area contributed by atoms with Gasteiger partial charge >= 0.3 is 0 Å². The molecule has 0 bridgehead atoms. The molecule has 0 aliphatic carbocycles. The molecule has 1 atom stereocenters. The largest absolute Gasteiger partial charge is 0.340 e. The van der Waals surface area contributed by atoms with Crippen molar-refractivity contribution in [3.63, 3.8) is 0 Å². The molecule has 1 saturated heterocycles. The Morgan fingerprint density at radius 3 is 2.85 bits per heavy atom. The molecule has 0 radical (unpaired) electrons. The second-order valence-electron chi connectivity index (χ2n) is 6.94. The van der Waals surface area contributed by atoms with E-state index in [9.17, 15) is 9.59 Å². The summed E-state index contributed by atoms with van der Waals surface area (Å²) >= 11 is 0. The average molecular weight is 354 g/mol. The number of hydrogen-bond acceptors (Lipinski definition) is 4. The standard InChI is InChI=1S/C20H26N4O2/c1-4-22(2)14-19(25)23(3)17-9-11-24(13-17)20(26)16-8-7-15-6-5-10-21-18(15)12-16/h5-8,10,12,17H,4,9,11,13-14H2,1-3H3. The van der Waals surface area contributed by atoms with E-state index in [0.717, 1.165) is 23.9 Å².